The Kier molecular flexibility index (Phi) is 9.15. The Labute approximate surface area is 144 Å². The van der Waals surface area contributed by atoms with Crippen molar-refractivity contribution in [1.29, 1.82) is 0 Å². The molecule has 0 aliphatic carbocycles. The molecule has 2 unspecified atom stereocenters. The lowest BCUT2D eigenvalue weighted by molar-refractivity contribution is -0.114. The van der Waals surface area contributed by atoms with Crippen LogP contribution in [0, 0.1) is 0 Å². The summed E-state index contributed by atoms with van der Waals surface area (Å²) in [5.74, 6) is 0.532. The summed E-state index contributed by atoms with van der Waals surface area (Å²) in [7, 11) is -1.89. The molecule has 122 valence electrons. The van der Waals surface area contributed by atoms with Gasteiger partial charge < -0.3 is 4.52 Å². The molecule has 0 aliphatic rings. The molecule has 0 saturated heterocycles. The number of benzene rings is 1. The molecular weight excluding hydrogens is 335 g/mol. The highest BCUT2D eigenvalue weighted by atomic mass is 32.1. The molecule has 0 aliphatic heterocycles. The number of thiol groups is 2. The minimum atomic E-state index is -1.89. The normalized spacial score (nSPS) is 14.9. The van der Waals surface area contributed by atoms with E-state index in [1.165, 1.54) is 0 Å². The first-order chi connectivity index (χ1) is 10.5. The number of rotatable bonds is 10. The lowest BCUT2D eigenvalue weighted by atomic mass is 10.3. The summed E-state index contributed by atoms with van der Waals surface area (Å²) in [6, 6.07) is 8.97. The van der Waals surface area contributed by atoms with E-state index in [1.807, 2.05) is 32.0 Å². The van der Waals surface area contributed by atoms with Gasteiger partial charge in [-0.05, 0) is 25.0 Å². The smallest absolute Gasteiger partial charge is 0.226 e. The molecule has 0 N–H and O–H groups in total. The molecule has 1 aromatic carbocycles. The highest BCUT2D eigenvalue weighted by Gasteiger charge is 2.36. The van der Waals surface area contributed by atoms with Crippen molar-refractivity contribution in [2.75, 3.05) is 0 Å². The van der Waals surface area contributed by atoms with E-state index < -0.39 is 18.6 Å². The van der Waals surface area contributed by atoms with Gasteiger partial charge in [0.2, 0.25) is 19.2 Å². The van der Waals surface area contributed by atoms with Crippen LogP contribution in [0.1, 0.15) is 39.5 Å². The first kappa shape index (κ1) is 19.5. The van der Waals surface area contributed by atoms with Gasteiger partial charge in [-0.2, -0.15) is 25.3 Å². The van der Waals surface area contributed by atoms with Crippen molar-refractivity contribution < 1.29 is 14.1 Å². The molecule has 3 nitrogen and oxygen atoms in total. The summed E-state index contributed by atoms with van der Waals surface area (Å²) in [6.45, 7) is 3.97. The molecule has 2 atom stereocenters. The van der Waals surface area contributed by atoms with Gasteiger partial charge in [0.25, 0.3) is 0 Å². The molecule has 22 heavy (non-hydrogen) atoms. The second-order valence-electron chi connectivity index (χ2n) is 4.98. The molecular formula is C16H23O3PS2. The monoisotopic (exact) mass is 358 g/mol. The molecule has 1 aromatic rings. The first-order valence-corrected chi connectivity index (χ1v) is 9.77. The third-order valence-electron chi connectivity index (χ3n) is 3.03. The summed E-state index contributed by atoms with van der Waals surface area (Å²) in [5.41, 5.74) is -0.437. The van der Waals surface area contributed by atoms with Crippen LogP contribution in [0.4, 0.5) is 0 Å². The topological polar surface area (TPSA) is 43.4 Å². The summed E-state index contributed by atoms with van der Waals surface area (Å²) in [5, 5.41) is -0.933. The summed E-state index contributed by atoms with van der Waals surface area (Å²) >= 11 is 8.67. The van der Waals surface area contributed by atoms with Gasteiger partial charge in [-0.15, -0.1) is 0 Å². The largest absolute Gasteiger partial charge is 0.458 e. The van der Waals surface area contributed by atoms with Crippen molar-refractivity contribution in [3.63, 3.8) is 0 Å². The fourth-order valence-corrected chi connectivity index (χ4v) is 4.52. The van der Waals surface area contributed by atoms with E-state index in [0.29, 0.717) is 18.6 Å². The summed E-state index contributed by atoms with van der Waals surface area (Å²) < 4.78 is 5.74. The lowest BCUT2D eigenvalue weighted by Gasteiger charge is -2.21. The predicted octanol–water partition coefficient (Wildman–Crippen LogP) is 4.71. The minimum Gasteiger partial charge on any atom is -0.458 e. The van der Waals surface area contributed by atoms with E-state index in [0.717, 1.165) is 12.8 Å². The van der Waals surface area contributed by atoms with Gasteiger partial charge >= 0.3 is 0 Å². The van der Waals surface area contributed by atoms with Crippen LogP contribution in [0.25, 0.3) is 0 Å². The van der Waals surface area contributed by atoms with E-state index >= 15 is 0 Å². The zero-order valence-electron chi connectivity index (χ0n) is 12.9. The number of carbonyl (C=O) groups excluding carboxylic acids is 2. The van der Waals surface area contributed by atoms with Gasteiger partial charge in [-0.1, -0.05) is 44.9 Å². The summed E-state index contributed by atoms with van der Waals surface area (Å²) in [6.07, 6.45) is 2.94. The van der Waals surface area contributed by atoms with Crippen LogP contribution in [-0.2, 0) is 9.59 Å². The average molecular weight is 358 g/mol. The Morgan fingerprint density at radius 1 is 1.00 bits per heavy atom. The van der Waals surface area contributed by atoms with Crippen molar-refractivity contribution in [2.24, 2.45) is 0 Å². The van der Waals surface area contributed by atoms with Crippen LogP contribution in [0.5, 0.6) is 5.75 Å². The third-order valence-corrected chi connectivity index (χ3v) is 6.24. The highest BCUT2D eigenvalue weighted by molar-refractivity contribution is 7.93. The van der Waals surface area contributed by atoms with E-state index in [4.69, 9.17) is 4.52 Å². The van der Waals surface area contributed by atoms with Crippen LogP contribution in [0.15, 0.2) is 30.3 Å². The number of hydrogen-bond donors (Lipinski definition) is 2. The summed E-state index contributed by atoms with van der Waals surface area (Å²) in [4.78, 5) is 25.1. The molecule has 0 radical (unpaired) electrons. The van der Waals surface area contributed by atoms with Crippen molar-refractivity contribution in [3.8, 4) is 5.75 Å². The van der Waals surface area contributed by atoms with Gasteiger partial charge in [0.1, 0.15) is 5.75 Å². The third kappa shape index (κ3) is 5.94. The van der Waals surface area contributed by atoms with Crippen LogP contribution in [0.3, 0.4) is 0 Å². The number of hydrogen-bond acceptors (Lipinski definition) is 5. The molecule has 0 amide bonds. The van der Waals surface area contributed by atoms with Gasteiger partial charge in [0.05, 0.1) is 10.5 Å². The Balaban J connectivity index is 2.94. The Bertz CT molecular complexity index is 458. The molecule has 0 spiro atoms. The average Bonchev–Trinajstić information content (AvgIpc) is 2.52. The Morgan fingerprint density at radius 3 is 1.86 bits per heavy atom. The van der Waals surface area contributed by atoms with Crippen molar-refractivity contribution in [3.05, 3.63) is 30.3 Å². The van der Waals surface area contributed by atoms with Gasteiger partial charge in [-0.3, -0.25) is 9.59 Å². The molecule has 0 bridgehead atoms. The van der Waals surface area contributed by atoms with E-state index in [2.05, 4.69) is 25.3 Å². The van der Waals surface area contributed by atoms with Gasteiger partial charge in [0, 0.05) is 0 Å². The zero-order valence-corrected chi connectivity index (χ0v) is 15.6. The lowest BCUT2D eigenvalue weighted by Crippen LogP contribution is -2.24. The molecule has 0 aromatic heterocycles. The van der Waals surface area contributed by atoms with Crippen LogP contribution >= 0.6 is 33.4 Å². The fourth-order valence-electron chi connectivity index (χ4n) is 1.85. The highest BCUT2D eigenvalue weighted by Crippen LogP contribution is 2.44. The maximum absolute atomic E-state index is 12.6. The molecule has 0 fully saturated rings. The second-order valence-corrected chi connectivity index (χ2v) is 7.88. The predicted molar refractivity (Wildman–Crippen MR) is 99.4 cm³/mol. The second kappa shape index (κ2) is 10.3. The SMILES string of the molecule is CCCC(S)C(=O)P(Oc1ccccc1)C(=O)C(S)CCC. The number of carbonyl (C=O) groups is 2. The minimum absolute atomic E-state index is 0.218. The first-order valence-electron chi connectivity index (χ1n) is 7.48. The molecule has 0 saturated carbocycles. The maximum Gasteiger partial charge on any atom is 0.226 e. The van der Waals surface area contributed by atoms with Gasteiger partial charge in [0.15, 0.2) is 0 Å². The Morgan fingerprint density at radius 2 is 1.45 bits per heavy atom. The zero-order chi connectivity index (χ0) is 16.5. The van der Waals surface area contributed by atoms with Crippen molar-refractivity contribution >= 4 is 44.5 Å². The molecule has 6 heteroatoms. The van der Waals surface area contributed by atoms with E-state index in [1.54, 1.807) is 12.1 Å². The van der Waals surface area contributed by atoms with Crippen LogP contribution in [-0.4, -0.2) is 21.5 Å². The number of para-hydroxylation sites is 1. The van der Waals surface area contributed by atoms with E-state index in [-0.39, 0.29) is 11.0 Å². The Hall–Kier alpha value is -0.510. The van der Waals surface area contributed by atoms with Crippen molar-refractivity contribution in [1.82, 2.24) is 0 Å². The van der Waals surface area contributed by atoms with Crippen LogP contribution in [0.2, 0.25) is 0 Å². The quantitative estimate of drug-likeness (QED) is 0.470. The standard InChI is InChI=1S/C16H23O3PS2/c1-3-8-13(21)15(17)20(16(18)14(22)9-4-2)19-12-10-6-5-7-11-12/h5-7,10-11,13-14,21-22H,3-4,8-9H2,1-2H3. The molecule has 0 heterocycles. The fraction of sp³-hybridized carbons (Fsp3) is 0.500. The maximum atomic E-state index is 12.6. The van der Waals surface area contributed by atoms with Crippen LogP contribution < -0.4 is 4.52 Å². The molecule has 1 rings (SSSR count). The van der Waals surface area contributed by atoms with E-state index in [9.17, 15) is 9.59 Å². The van der Waals surface area contributed by atoms with Crippen molar-refractivity contribution in [2.45, 2.75) is 50.0 Å². The van der Waals surface area contributed by atoms with Gasteiger partial charge in [-0.25, -0.2) is 0 Å².